The Morgan fingerprint density at radius 2 is 2.41 bits per heavy atom. The normalized spacial score (nSPS) is 20.8. The number of carbonyl (C=O) groups excluding carboxylic acids is 1. The monoisotopic (exact) mass is 237 g/mol. The molecule has 0 bridgehead atoms. The molecule has 2 rings (SSSR count). The lowest BCUT2D eigenvalue weighted by atomic mass is 9.92. The molecule has 1 amide bonds. The topological polar surface area (TPSA) is 85.8 Å². The molecule has 3 N–H and O–H groups in total. The Morgan fingerprint density at radius 1 is 1.71 bits per heavy atom. The molecule has 1 aromatic rings. The fourth-order valence-corrected chi connectivity index (χ4v) is 2.04. The summed E-state index contributed by atoms with van der Waals surface area (Å²) >= 11 is 0. The van der Waals surface area contributed by atoms with Crippen LogP contribution in [0, 0.1) is 0 Å². The quantitative estimate of drug-likeness (QED) is 0.741. The first-order valence-electron chi connectivity index (χ1n) is 5.93. The van der Waals surface area contributed by atoms with Crippen LogP contribution in [0.25, 0.3) is 0 Å². The highest BCUT2D eigenvalue weighted by Gasteiger charge is 2.38. The van der Waals surface area contributed by atoms with E-state index in [1.165, 1.54) is 6.33 Å². The number of hydrogen-bond acceptors (Lipinski definition) is 4. The molecule has 1 aliphatic rings. The summed E-state index contributed by atoms with van der Waals surface area (Å²) in [4.78, 5) is 15.5. The van der Waals surface area contributed by atoms with E-state index in [2.05, 4.69) is 15.4 Å². The zero-order valence-corrected chi connectivity index (χ0v) is 10.3. The fourth-order valence-electron chi connectivity index (χ4n) is 2.04. The SMILES string of the molecule is CC(CC(C)(NC1CC1)C(N)=O)n1cncn1. The molecule has 2 atom stereocenters. The van der Waals surface area contributed by atoms with Crippen LogP contribution >= 0.6 is 0 Å². The molecular formula is C11H19N5O. The summed E-state index contributed by atoms with van der Waals surface area (Å²) in [6, 6.07) is 0.525. The van der Waals surface area contributed by atoms with Gasteiger partial charge in [0.2, 0.25) is 5.91 Å². The number of primary amides is 1. The first kappa shape index (κ1) is 12.0. The first-order chi connectivity index (χ1) is 8.01. The molecular weight excluding hydrogens is 218 g/mol. The zero-order chi connectivity index (χ0) is 12.5. The van der Waals surface area contributed by atoms with Gasteiger partial charge < -0.3 is 11.1 Å². The summed E-state index contributed by atoms with van der Waals surface area (Å²) in [5, 5.41) is 7.40. The van der Waals surface area contributed by atoms with Crippen LogP contribution in [0.15, 0.2) is 12.7 Å². The standard InChI is InChI=1S/C11H19N5O/c1-8(16-7-13-6-14-16)5-11(2,10(12)17)15-9-3-4-9/h6-9,15H,3-5H2,1-2H3,(H2,12,17). The molecule has 1 saturated carbocycles. The van der Waals surface area contributed by atoms with Gasteiger partial charge in [0, 0.05) is 6.04 Å². The van der Waals surface area contributed by atoms with E-state index in [4.69, 9.17) is 5.73 Å². The molecule has 0 radical (unpaired) electrons. The minimum atomic E-state index is -0.674. The van der Waals surface area contributed by atoms with Gasteiger partial charge in [0.25, 0.3) is 0 Å². The molecule has 6 nitrogen and oxygen atoms in total. The fraction of sp³-hybridized carbons (Fsp3) is 0.727. The Kier molecular flexibility index (Phi) is 3.15. The second kappa shape index (κ2) is 4.44. The van der Waals surface area contributed by atoms with Crippen molar-refractivity contribution in [3.8, 4) is 0 Å². The van der Waals surface area contributed by atoms with Crippen LogP contribution in [-0.4, -0.2) is 32.3 Å². The summed E-state index contributed by atoms with van der Waals surface area (Å²) in [5.41, 5.74) is 4.83. The first-order valence-corrected chi connectivity index (χ1v) is 5.93. The van der Waals surface area contributed by atoms with Gasteiger partial charge in [0.1, 0.15) is 12.7 Å². The van der Waals surface area contributed by atoms with Gasteiger partial charge in [-0.1, -0.05) is 0 Å². The van der Waals surface area contributed by atoms with Crippen LogP contribution in [0.4, 0.5) is 0 Å². The molecule has 2 unspecified atom stereocenters. The molecule has 94 valence electrons. The lowest BCUT2D eigenvalue weighted by Gasteiger charge is -2.30. The summed E-state index contributed by atoms with van der Waals surface area (Å²) in [7, 11) is 0. The Balaban J connectivity index is 2.03. The van der Waals surface area contributed by atoms with Gasteiger partial charge in [-0.2, -0.15) is 5.10 Å². The van der Waals surface area contributed by atoms with Gasteiger partial charge in [-0.3, -0.25) is 9.48 Å². The Labute approximate surface area is 101 Å². The molecule has 0 spiro atoms. The number of nitrogens with two attached hydrogens (primary N) is 1. The van der Waals surface area contributed by atoms with Crippen molar-refractivity contribution in [1.82, 2.24) is 20.1 Å². The average Bonchev–Trinajstić information content (AvgIpc) is 2.89. The number of aromatic nitrogens is 3. The summed E-state index contributed by atoms with van der Waals surface area (Å²) < 4.78 is 1.75. The van der Waals surface area contributed by atoms with Crippen LogP contribution in [-0.2, 0) is 4.79 Å². The minimum Gasteiger partial charge on any atom is -0.368 e. The van der Waals surface area contributed by atoms with Crippen molar-refractivity contribution in [2.24, 2.45) is 5.73 Å². The van der Waals surface area contributed by atoms with Crippen LogP contribution in [0.5, 0.6) is 0 Å². The number of amides is 1. The van der Waals surface area contributed by atoms with Gasteiger partial charge in [-0.25, -0.2) is 4.98 Å². The van der Waals surface area contributed by atoms with Crippen LogP contribution < -0.4 is 11.1 Å². The highest BCUT2D eigenvalue weighted by molar-refractivity contribution is 5.84. The maximum atomic E-state index is 11.6. The lowest BCUT2D eigenvalue weighted by molar-refractivity contribution is -0.124. The third-order valence-electron chi connectivity index (χ3n) is 3.24. The predicted octanol–water partition coefficient (Wildman–Crippen LogP) is 0.225. The maximum Gasteiger partial charge on any atom is 0.237 e. The molecule has 1 aromatic heterocycles. The third kappa shape index (κ3) is 2.82. The number of hydrogen-bond donors (Lipinski definition) is 2. The molecule has 6 heteroatoms. The van der Waals surface area contributed by atoms with Crippen LogP contribution in [0.2, 0.25) is 0 Å². The van der Waals surface area contributed by atoms with Crippen molar-refractivity contribution in [3.63, 3.8) is 0 Å². The Hall–Kier alpha value is -1.43. The van der Waals surface area contributed by atoms with Crippen molar-refractivity contribution in [2.45, 2.75) is 50.7 Å². The van der Waals surface area contributed by atoms with Gasteiger partial charge in [-0.05, 0) is 33.1 Å². The Bertz CT molecular complexity index is 387. The van der Waals surface area contributed by atoms with E-state index in [1.54, 1.807) is 11.0 Å². The molecule has 1 heterocycles. The van der Waals surface area contributed by atoms with E-state index in [0.29, 0.717) is 12.5 Å². The maximum absolute atomic E-state index is 11.6. The minimum absolute atomic E-state index is 0.0845. The lowest BCUT2D eigenvalue weighted by Crippen LogP contribution is -2.55. The second-order valence-corrected chi connectivity index (χ2v) is 5.04. The van der Waals surface area contributed by atoms with Crippen molar-refractivity contribution >= 4 is 5.91 Å². The van der Waals surface area contributed by atoms with E-state index in [9.17, 15) is 4.79 Å². The zero-order valence-electron chi connectivity index (χ0n) is 10.3. The highest BCUT2D eigenvalue weighted by Crippen LogP contribution is 2.27. The molecule has 17 heavy (non-hydrogen) atoms. The smallest absolute Gasteiger partial charge is 0.237 e. The molecule has 1 aliphatic carbocycles. The summed E-state index contributed by atoms with van der Waals surface area (Å²) in [6.45, 7) is 3.87. The third-order valence-corrected chi connectivity index (χ3v) is 3.24. The van der Waals surface area contributed by atoms with Crippen molar-refractivity contribution in [3.05, 3.63) is 12.7 Å². The van der Waals surface area contributed by atoms with Crippen molar-refractivity contribution in [1.29, 1.82) is 0 Å². The van der Waals surface area contributed by atoms with E-state index in [1.807, 2.05) is 13.8 Å². The van der Waals surface area contributed by atoms with Gasteiger partial charge >= 0.3 is 0 Å². The van der Waals surface area contributed by atoms with Crippen molar-refractivity contribution < 1.29 is 4.79 Å². The Morgan fingerprint density at radius 3 is 2.88 bits per heavy atom. The molecule has 0 aromatic carbocycles. The molecule has 0 saturated heterocycles. The number of rotatable bonds is 6. The van der Waals surface area contributed by atoms with E-state index < -0.39 is 5.54 Å². The van der Waals surface area contributed by atoms with E-state index in [0.717, 1.165) is 12.8 Å². The van der Waals surface area contributed by atoms with Crippen LogP contribution in [0.1, 0.15) is 39.2 Å². The second-order valence-electron chi connectivity index (χ2n) is 5.04. The average molecular weight is 237 g/mol. The molecule has 0 aliphatic heterocycles. The largest absolute Gasteiger partial charge is 0.368 e. The molecule has 1 fully saturated rings. The highest BCUT2D eigenvalue weighted by atomic mass is 16.1. The summed E-state index contributed by atoms with van der Waals surface area (Å²) in [6.07, 6.45) is 6.01. The van der Waals surface area contributed by atoms with Gasteiger partial charge in [0.05, 0.1) is 11.6 Å². The van der Waals surface area contributed by atoms with Crippen LogP contribution in [0.3, 0.4) is 0 Å². The predicted molar refractivity (Wildman–Crippen MR) is 63.1 cm³/mol. The van der Waals surface area contributed by atoms with E-state index in [-0.39, 0.29) is 11.9 Å². The number of nitrogens with one attached hydrogen (secondary N) is 1. The number of carbonyl (C=O) groups is 1. The number of nitrogens with zero attached hydrogens (tertiary/aromatic N) is 3. The van der Waals surface area contributed by atoms with Gasteiger partial charge in [0.15, 0.2) is 0 Å². The van der Waals surface area contributed by atoms with Gasteiger partial charge in [-0.15, -0.1) is 0 Å². The van der Waals surface area contributed by atoms with Crippen molar-refractivity contribution in [2.75, 3.05) is 0 Å². The summed E-state index contributed by atoms with van der Waals surface area (Å²) in [5.74, 6) is -0.309. The van der Waals surface area contributed by atoms with E-state index >= 15 is 0 Å².